The molecule has 0 spiro atoms. The minimum atomic E-state index is -0.168. The van der Waals surface area contributed by atoms with E-state index >= 15 is 0 Å². The maximum absolute atomic E-state index is 14.0. The summed E-state index contributed by atoms with van der Waals surface area (Å²) in [5.74, 6) is -0.0806. The van der Waals surface area contributed by atoms with Crippen molar-refractivity contribution >= 4 is 5.91 Å². The lowest BCUT2D eigenvalue weighted by Gasteiger charge is -2.36. The van der Waals surface area contributed by atoms with Crippen LogP contribution in [0.15, 0.2) is 65.5 Å². The molecule has 172 valence electrons. The van der Waals surface area contributed by atoms with E-state index in [1.165, 1.54) is 12.0 Å². The van der Waals surface area contributed by atoms with Crippen LogP contribution >= 0.6 is 0 Å². The molecular weight excluding hydrogens is 412 g/mol. The molecule has 1 aromatic heterocycles. The number of H-pyrrole nitrogens is 1. The van der Waals surface area contributed by atoms with E-state index in [1.807, 2.05) is 58.0 Å². The van der Waals surface area contributed by atoms with Crippen LogP contribution in [0.2, 0.25) is 0 Å². The molecule has 0 radical (unpaired) electrons. The monoisotopic (exact) mass is 444 g/mol. The number of nitrogens with zero attached hydrogens (tertiary/aromatic N) is 2. The number of benzene rings is 2. The summed E-state index contributed by atoms with van der Waals surface area (Å²) in [5, 5.41) is 3.43. The van der Waals surface area contributed by atoms with Gasteiger partial charge in [-0.3, -0.25) is 9.36 Å². The lowest BCUT2D eigenvalue weighted by Crippen LogP contribution is -2.54. The fourth-order valence-electron chi connectivity index (χ4n) is 5.41. The van der Waals surface area contributed by atoms with Gasteiger partial charge in [-0.1, -0.05) is 79.9 Å². The quantitative estimate of drug-likeness (QED) is 0.625. The van der Waals surface area contributed by atoms with Crippen molar-refractivity contribution in [3.05, 3.63) is 82.4 Å². The van der Waals surface area contributed by atoms with Crippen LogP contribution in [0.5, 0.6) is 0 Å². The van der Waals surface area contributed by atoms with Crippen LogP contribution in [0.1, 0.15) is 54.2 Å². The highest BCUT2D eigenvalue weighted by Crippen LogP contribution is 2.33. The zero-order chi connectivity index (χ0) is 22.6. The average molecular weight is 445 g/mol. The molecule has 1 saturated carbocycles. The molecule has 2 heterocycles. The number of piperazine rings is 1. The van der Waals surface area contributed by atoms with Gasteiger partial charge in [-0.25, -0.2) is 4.79 Å². The molecule has 3 aromatic rings. The van der Waals surface area contributed by atoms with Gasteiger partial charge >= 0.3 is 5.69 Å². The van der Waals surface area contributed by atoms with Crippen LogP contribution in [-0.2, 0) is 6.42 Å². The van der Waals surface area contributed by atoms with Gasteiger partial charge in [0.1, 0.15) is 5.69 Å². The Balaban J connectivity index is 1.53. The van der Waals surface area contributed by atoms with Crippen LogP contribution in [-0.4, -0.2) is 46.0 Å². The number of aromatic amines is 1. The minimum absolute atomic E-state index is 0.0406. The van der Waals surface area contributed by atoms with Gasteiger partial charge in [-0.2, -0.15) is 0 Å². The number of carbonyl (C=O) groups excluding carboxylic acids is 1. The molecule has 6 heteroatoms. The van der Waals surface area contributed by atoms with Gasteiger partial charge in [0.15, 0.2) is 0 Å². The first-order valence-electron chi connectivity index (χ1n) is 12.2. The summed E-state index contributed by atoms with van der Waals surface area (Å²) < 4.78 is 1.87. The van der Waals surface area contributed by atoms with Gasteiger partial charge in [0.2, 0.25) is 0 Å². The van der Waals surface area contributed by atoms with Gasteiger partial charge in [0.05, 0.1) is 5.69 Å². The number of amides is 1. The van der Waals surface area contributed by atoms with Gasteiger partial charge in [0, 0.05) is 37.3 Å². The number of rotatable bonds is 5. The Morgan fingerprint density at radius 1 is 0.939 bits per heavy atom. The third kappa shape index (κ3) is 4.53. The highest BCUT2D eigenvalue weighted by atomic mass is 16.2. The molecule has 1 atom stereocenters. The van der Waals surface area contributed by atoms with Crippen LogP contribution in [0, 0.1) is 0 Å². The largest absolute Gasteiger partial charge is 0.331 e. The van der Waals surface area contributed by atoms with Gasteiger partial charge in [-0.05, 0) is 24.8 Å². The number of hydrogen-bond acceptors (Lipinski definition) is 3. The molecule has 1 aliphatic carbocycles. The molecule has 1 aliphatic heterocycles. The van der Waals surface area contributed by atoms with Crippen molar-refractivity contribution in [1.82, 2.24) is 19.8 Å². The third-order valence-corrected chi connectivity index (χ3v) is 7.05. The Hall–Kier alpha value is -3.12. The van der Waals surface area contributed by atoms with E-state index in [1.54, 1.807) is 0 Å². The first kappa shape index (κ1) is 21.7. The van der Waals surface area contributed by atoms with Crippen molar-refractivity contribution in [2.75, 3.05) is 19.6 Å². The fourth-order valence-corrected chi connectivity index (χ4v) is 5.41. The SMILES string of the molecule is O=C(c1[nH]c(=O)n(C2CCCCC2)c1-c1ccccc1)N1CCNCC1Cc1ccccc1. The Labute approximate surface area is 194 Å². The number of imidazole rings is 1. The van der Waals surface area contributed by atoms with Crippen LogP contribution in [0.4, 0.5) is 0 Å². The summed E-state index contributed by atoms with van der Waals surface area (Å²) in [6.45, 7) is 2.13. The summed E-state index contributed by atoms with van der Waals surface area (Å²) in [4.78, 5) is 32.1. The highest BCUT2D eigenvalue weighted by Gasteiger charge is 2.33. The molecular formula is C27H32N4O2. The molecule has 1 saturated heterocycles. The maximum atomic E-state index is 14.0. The van der Waals surface area contributed by atoms with Crippen molar-refractivity contribution in [3.8, 4) is 11.3 Å². The lowest BCUT2D eigenvalue weighted by molar-refractivity contribution is 0.0631. The molecule has 2 aromatic carbocycles. The molecule has 2 fully saturated rings. The molecule has 2 N–H and O–H groups in total. The predicted molar refractivity (Wildman–Crippen MR) is 130 cm³/mol. The summed E-state index contributed by atoms with van der Waals surface area (Å²) in [5.41, 5.74) is 3.13. The zero-order valence-corrected chi connectivity index (χ0v) is 19.0. The summed E-state index contributed by atoms with van der Waals surface area (Å²) in [6.07, 6.45) is 6.20. The summed E-state index contributed by atoms with van der Waals surface area (Å²) in [6, 6.07) is 20.4. The van der Waals surface area contributed by atoms with Crippen molar-refractivity contribution in [1.29, 1.82) is 0 Å². The smallest absolute Gasteiger partial charge is 0.326 e. The normalized spacial score (nSPS) is 19.5. The number of hydrogen-bond donors (Lipinski definition) is 2. The van der Waals surface area contributed by atoms with E-state index in [0.29, 0.717) is 12.2 Å². The lowest BCUT2D eigenvalue weighted by atomic mass is 9.94. The number of aromatic nitrogens is 2. The molecule has 6 nitrogen and oxygen atoms in total. The van der Waals surface area contributed by atoms with Crippen molar-refractivity contribution < 1.29 is 4.79 Å². The van der Waals surface area contributed by atoms with Crippen LogP contribution in [0.25, 0.3) is 11.3 Å². The molecule has 1 amide bonds. The molecule has 1 unspecified atom stereocenters. The minimum Gasteiger partial charge on any atom is -0.331 e. The van der Waals surface area contributed by atoms with Crippen molar-refractivity contribution in [2.45, 2.75) is 50.6 Å². The van der Waals surface area contributed by atoms with E-state index in [2.05, 4.69) is 22.4 Å². The first-order chi connectivity index (χ1) is 16.2. The number of nitrogens with one attached hydrogen (secondary N) is 2. The first-order valence-corrected chi connectivity index (χ1v) is 12.2. The van der Waals surface area contributed by atoms with Gasteiger partial charge in [-0.15, -0.1) is 0 Å². The topological polar surface area (TPSA) is 70.1 Å². The zero-order valence-electron chi connectivity index (χ0n) is 19.0. The maximum Gasteiger partial charge on any atom is 0.326 e. The van der Waals surface area contributed by atoms with Crippen LogP contribution < -0.4 is 11.0 Å². The molecule has 33 heavy (non-hydrogen) atoms. The Bertz CT molecular complexity index is 1130. The Kier molecular flexibility index (Phi) is 6.44. The third-order valence-electron chi connectivity index (χ3n) is 7.05. The highest BCUT2D eigenvalue weighted by molar-refractivity contribution is 5.98. The molecule has 0 bridgehead atoms. The van der Waals surface area contributed by atoms with Gasteiger partial charge < -0.3 is 15.2 Å². The van der Waals surface area contributed by atoms with Crippen LogP contribution in [0.3, 0.4) is 0 Å². The Morgan fingerprint density at radius 2 is 1.64 bits per heavy atom. The second-order valence-corrected chi connectivity index (χ2v) is 9.23. The molecule has 2 aliphatic rings. The van der Waals surface area contributed by atoms with E-state index in [-0.39, 0.29) is 23.7 Å². The van der Waals surface area contributed by atoms with Crippen molar-refractivity contribution in [3.63, 3.8) is 0 Å². The van der Waals surface area contributed by atoms with E-state index in [4.69, 9.17) is 0 Å². The van der Waals surface area contributed by atoms with E-state index in [0.717, 1.165) is 56.5 Å². The van der Waals surface area contributed by atoms with Gasteiger partial charge in [0.25, 0.3) is 5.91 Å². The molecule has 5 rings (SSSR count). The Morgan fingerprint density at radius 3 is 2.36 bits per heavy atom. The predicted octanol–water partition coefficient (Wildman–Crippen LogP) is 4.01. The summed E-state index contributed by atoms with van der Waals surface area (Å²) in [7, 11) is 0. The second kappa shape index (κ2) is 9.79. The van der Waals surface area contributed by atoms with E-state index in [9.17, 15) is 9.59 Å². The fraction of sp³-hybridized carbons (Fsp3) is 0.407. The average Bonchev–Trinajstić information content (AvgIpc) is 3.22. The summed E-state index contributed by atoms with van der Waals surface area (Å²) >= 11 is 0. The van der Waals surface area contributed by atoms with E-state index < -0.39 is 0 Å². The second-order valence-electron chi connectivity index (χ2n) is 9.23. The van der Waals surface area contributed by atoms with Crippen molar-refractivity contribution in [2.24, 2.45) is 0 Å². The number of carbonyl (C=O) groups is 1. The standard InChI is InChI=1S/C27H32N4O2/c32-26(30-17-16-28-19-23(30)18-20-10-4-1-5-11-20)24-25(21-12-6-2-7-13-21)31(27(33)29-24)22-14-8-3-9-15-22/h1-2,4-7,10-13,22-23,28H,3,8-9,14-19H2,(H,29,33).